The smallest absolute Gasteiger partial charge is 0.481 e. The Morgan fingerprint density at radius 3 is 1.59 bits per heavy atom. The fourth-order valence-corrected chi connectivity index (χ4v) is 8.74. The van der Waals surface area contributed by atoms with Gasteiger partial charge < -0.3 is 60.1 Å². The highest BCUT2D eigenvalue weighted by Gasteiger charge is 2.26. The summed E-state index contributed by atoms with van der Waals surface area (Å²) < 4.78 is 37.2. The largest absolute Gasteiger partial charge is 0.524 e. The van der Waals surface area contributed by atoms with Crippen LogP contribution < -0.4 is 25.8 Å². The molecule has 0 spiro atoms. The zero-order chi connectivity index (χ0) is 58.4. The zero-order valence-electron chi connectivity index (χ0n) is 46.6. The number of rotatable bonds is 54. The number of carboxylic acid groups (broad SMARTS) is 2. The van der Waals surface area contributed by atoms with E-state index in [2.05, 4.69) is 25.8 Å². The summed E-state index contributed by atoms with van der Waals surface area (Å²) >= 11 is 0. The van der Waals surface area contributed by atoms with Gasteiger partial charge in [0.25, 0.3) is 0 Å². The Kier molecular flexibility index (Phi) is 42.8. The Morgan fingerprint density at radius 2 is 1.06 bits per heavy atom. The molecule has 79 heavy (non-hydrogen) atoms. The number of ether oxygens (including phenoxy) is 4. The van der Waals surface area contributed by atoms with Crippen LogP contribution in [0.1, 0.15) is 173 Å². The van der Waals surface area contributed by atoms with Gasteiger partial charge in [-0.05, 0) is 69.1 Å². The van der Waals surface area contributed by atoms with Crippen molar-refractivity contribution in [3.63, 3.8) is 0 Å². The van der Waals surface area contributed by atoms with Gasteiger partial charge in [0.05, 0.1) is 39.1 Å². The lowest BCUT2D eigenvalue weighted by atomic mass is 9.94. The second-order valence-corrected chi connectivity index (χ2v) is 20.8. The first-order valence-electron chi connectivity index (χ1n) is 28.3. The Morgan fingerprint density at radius 1 is 0.532 bits per heavy atom. The molecule has 3 atom stereocenters. The number of unbranched alkanes of at least 4 members (excludes halogenated alkanes) is 14. The summed E-state index contributed by atoms with van der Waals surface area (Å²) in [6.45, 7) is 2.61. The fraction of sp³-hybridized carbons (Fsp3) is 0.745. The van der Waals surface area contributed by atoms with Crippen LogP contribution in [0.15, 0.2) is 24.3 Å². The van der Waals surface area contributed by atoms with E-state index in [4.69, 9.17) is 33.8 Å². The number of aliphatic hydroxyl groups is 1. The first kappa shape index (κ1) is 72.1. The summed E-state index contributed by atoms with van der Waals surface area (Å²) in [5.74, 6) is -4.39. The molecule has 0 aliphatic heterocycles. The number of carboxylic acids is 2. The summed E-state index contributed by atoms with van der Waals surface area (Å²) in [5.41, 5.74) is 0.575. The van der Waals surface area contributed by atoms with Crippen LogP contribution >= 0.6 is 7.82 Å². The molecule has 0 fully saturated rings. The molecule has 24 heteroatoms. The molecule has 0 heterocycles. The van der Waals surface area contributed by atoms with E-state index in [0.29, 0.717) is 50.6 Å². The number of carbonyl (C=O) groups is 8. The predicted octanol–water partition coefficient (Wildman–Crippen LogP) is 5.66. The molecule has 0 aliphatic carbocycles. The van der Waals surface area contributed by atoms with Crippen LogP contribution in [-0.2, 0) is 68.3 Å². The number of ketones is 2. The molecule has 1 aromatic carbocycles. The third kappa shape index (κ3) is 42.7. The molecule has 4 amide bonds. The quantitative estimate of drug-likeness (QED) is 0.0281. The van der Waals surface area contributed by atoms with Gasteiger partial charge in [-0.15, -0.1) is 0 Å². The molecule has 1 aromatic rings. The Balaban J connectivity index is 2.03. The summed E-state index contributed by atoms with van der Waals surface area (Å²) in [7, 11) is -4.74. The third-order valence-electron chi connectivity index (χ3n) is 12.7. The summed E-state index contributed by atoms with van der Waals surface area (Å²) in [6.07, 6.45) is 19.2. The van der Waals surface area contributed by atoms with Crippen molar-refractivity contribution in [3.8, 4) is 5.75 Å². The number of amides is 4. The minimum absolute atomic E-state index is 0.0148. The van der Waals surface area contributed by atoms with Crippen molar-refractivity contribution in [2.45, 2.75) is 186 Å². The number of phosphoric ester groups is 1. The lowest BCUT2D eigenvalue weighted by Gasteiger charge is -2.22. The van der Waals surface area contributed by atoms with E-state index in [-0.39, 0.29) is 133 Å². The Bertz CT molecular complexity index is 1920. The maximum atomic E-state index is 13.2. The Labute approximate surface area is 466 Å². The van der Waals surface area contributed by atoms with Crippen molar-refractivity contribution in [3.05, 3.63) is 29.8 Å². The number of carbonyl (C=O) groups excluding carboxylic acids is 6. The van der Waals surface area contributed by atoms with Gasteiger partial charge in [0.1, 0.15) is 37.4 Å². The van der Waals surface area contributed by atoms with Gasteiger partial charge in [0, 0.05) is 51.3 Å². The summed E-state index contributed by atoms with van der Waals surface area (Å²) in [6, 6.07) is 3.53. The van der Waals surface area contributed by atoms with Crippen molar-refractivity contribution in [1.82, 2.24) is 21.3 Å². The highest BCUT2D eigenvalue weighted by Crippen LogP contribution is 2.37. The summed E-state index contributed by atoms with van der Waals surface area (Å²) in [5, 5.41) is 38.5. The highest BCUT2D eigenvalue weighted by atomic mass is 31.2. The maximum absolute atomic E-state index is 13.2. The van der Waals surface area contributed by atoms with Crippen LogP contribution in [0, 0.1) is 5.92 Å². The van der Waals surface area contributed by atoms with Gasteiger partial charge in [0.2, 0.25) is 23.6 Å². The van der Waals surface area contributed by atoms with Crippen molar-refractivity contribution < 1.29 is 91.5 Å². The van der Waals surface area contributed by atoms with E-state index in [9.17, 15) is 53.1 Å². The van der Waals surface area contributed by atoms with Crippen molar-refractivity contribution in [1.29, 1.82) is 0 Å². The molecule has 0 saturated carbocycles. The zero-order valence-corrected chi connectivity index (χ0v) is 47.5. The number of hydrogen-bond donors (Lipinski definition) is 9. The van der Waals surface area contributed by atoms with Crippen LogP contribution in [0.2, 0.25) is 0 Å². The van der Waals surface area contributed by atoms with Crippen molar-refractivity contribution in [2.24, 2.45) is 5.92 Å². The van der Waals surface area contributed by atoms with E-state index in [0.717, 1.165) is 51.4 Å². The molecule has 0 saturated heterocycles. The minimum atomic E-state index is -4.74. The van der Waals surface area contributed by atoms with Gasteiger partial charge in [0.15, 0.2) is 5.78 Å². The van der Waals surface area contributed by atoms with Crippen LogP contribution in [-0.4, -0.2) is 157 Å². The van der Waals surface area contributed by atoms with Crippen LogP contribution in [0.25, 0.3) is 0 Å². The van der Waals surface area contributed by atoms with E-state index in [1.807, 2.05) is 6.92 Å². The van der Waals surface area contributed by atoms with Gasteiger partial charge in [-0.2, -0.15) is 0 Å². The number of hydrogen-bond acceptors (Lipinski definition) is 15. The number of benzene rings is 1. The number of phosphoric acid groups is 1. The minimum Gasteiger partial charge on any atom is -0.481 e. The average molecular weight is 1150 g/mol. The molecule has 0 aliphatic rings. The first-order valence-corrected chi connectivity index (χ1v) is 29.8. The van der Waals surface area contributed by atoms with Crippen LogP contribution in [0.5, 0.6) is 5.75 Å². The maximum Gasteiger partial charge on any atom is 0.524 e. The summed E-state index contributed by atoms with van der Waals surface area (Å²) in [4.78, 5) is 115. The van der Waals surface area contributed by atoms with Crippen LogP contribution in [0.4, 0.5) is 0 Å². The molecule has 9 N–H and O–H groups in total. The van der Waals surface area contributed by atoms with E-state index in [1.54, 1.807) is 0 Å². The topological polar surface area (TPSA) is 349 Å². The number of nitrogens with one attached hydrogen (secondary N) is 4. The molecule has 0 bridgehead atoms. The standard InChI is InChI=1S/C55H93N4O19P/c1-2-20-44(54(68)59-48(49(62)40-60)39-43-25-28-46(29-26-43)78-79(71,72)73)21-17-18-31-56-51(64)41-77-38-36-75-34-32-57-52(65)42-76-37-35-74-33-19-22-45(61)27-30-47(55(69)70)58-50(63)23-15-13-11-9-7-5-3-4-6-8-10-12-14-16-24-53(66)67/h25-26,28-29,44,47-48,60H,2-24,27,30-42H2,1H3,(H,56,64)(H,57,65)(H,58,63)(H,59,68)(H,66,67)(H,69,70)(H2,71,72,73)/t44-,47-,48-/m0/s1. The normalized spacial score (nSPS) is 12.5. The molecule has 0 aromatic heterocycles. The van der Waals surface area contributed by atoms with Gasteiger partial charge >= 0.3 is 19.8 Å². The Hall–Kier alpha value is -4.87. The number of aliphatic carboxylic acids is 2. The molecular weight excluding hydrogens is 1050 g/mol. The third-order valence-corrected chi connectivity index (χ3v) is 13.1. The monoisotopic (exact) mass is 1140 g/mol. The first-order chi connectivity index (χ1) is 37.9. The molecule has 1 rings (SSSR count). The molecule has 452 valence electrons. The fourth-order valence-electron chi connectivity index (χ4n) is 8.35. The lowest BCUT2D eigenvalue weighted by Crippen LogP contribution is -2.46. The number of aliphatic hydroxyl groups excluding tert-OH is 1. The molecule has 0 unspecified atom stereocenters. The van der Waals surface area contributed by atoms with Gasteiger partial charge in [-0.3, -0.25) is 43.3 Å². The number of Topliss-reactive ketones (excluding diaryl/α,β-unsaturated/α-hetero) is 2. The second-order valence-electron chi connectivity index (χ2n) is 19.6. The van der Waals surface area contributed by atoms with E-state index in [1.165, 1.54) is 62.8 Å². The van der Waals surface area contributed by atoms with E-state index < -0.39 is 50.2 Å². The SMILES string of the molecule is CCC[C@@H](CCCCNC(=O)COCCOCCNC(=O)COCCOCCCC(=O)CC[C@H](NC(=O)CCCCCCCCCCCCCCCCC(=O)O)C(=O)O)C(=O)N[C@@H](Cc1ccc(OP(=O)(O)O)cc1)C(=O)CO. The molecule has 23 nitrogen and oxygen atoms in total. The molecular formula is C55H93N4O19P. The predicted molar refractivity (Wildman–Crippen MR) is 293 cm³/mol. The van der Waals surface area contributed by atoms with Crippen molar-refractivity contribution >= 4 is 55.0 Å². The highest BCUT2D eigenvalue weighted by molar-refractivity contribution is 7.46. The average Bonchev–Trinajstić information content (AvgIpc) is 3.40. The van der Waals surface area contributed by atoms with Crippen molar-refractivity contribution in [2.75, 3.05) is 72.6 Å². The van der Waals surface area contributed by atoms with Gasteiger partial charge in [-0.25, -0.2) is 9.36 Å². The van der Waals surface area contributed by atoms with Crippen LogP contribution in [0.3, 0.4) is 0 Å². The molecule has 0 radical (unpaired) electrons. The van der Waals surface area contributed by atoms with Gasteiger partial charge in [-0.1, -0.05) is 109 Å². The lowest BCUT2D eigenvalue weighted by molar-refractivity contribution is -0.142. The van der Waals surface area contributed by atoms with E-state index >= 15 is 0 Å². The second kappa shape index (κ2) is 46.8.